The third kappa shape index (κ3) is 2.87. The van der Waals surface area contributed by atoms with Gasteiger partial charge in [0.2, 0.25) is 5.28 Å². The van der Waals surface area contributed by atoms with Crippen molar-refractivity contribution in [2.75, 3.05) is 24.7 Å². The lowest BCUT2D eigenvalue weighted by atomic mass is 10.1. The van der Waals surface area contributed by atoms with Crippen molar-refractivity contribution in [2.45, 2.75) is 32.7 Å². The van der Waals surface area contributed by atoms with Crippen LogP contribution < -0.4 is 4.90 Å². The van der Waals surface area contributed by atoms with Crippen molar-refractivity contribution in [3.05, 3.63) is 17.0 Å². The molecule has 0 radical (unpaired) electrons. The fourth-order valence-corrected chi connectivity index (χ4v) is 2.12. The lowest BCUT2D eigenvalue weighted by molar-refractivity contribution is 0.0985. The molecule has 2 heterocycles. The van der Waals surface area contributed by atoms with Crippen molar-refractivity contribution in [2.24, 2.45) is 0 Å². The van der Waals surface area contributed by atoms with Gasteiger partial charge in [-0.15, -0.1) is 0 Å². The molecule has 1 aromatic heterocycles. The van der Waals surface area contributed by atoms with Gasteiger partial charge in [-0.2, -0.15) is 0 Å². The van der Waals surface area contributed by atoms with E-state index in [9.17, 15) is 0 Å². The predicted molar refractivity (Wildman–Crippen MR) is 68.8 cm³/mol. The van der Waals surface area contributed by atoms with Gasteiger partial charge in [0.25, 0.3) is 0 Å². The quantitative estimate of drug-likeness (QED) is 0.761. The molecule has 1 aliphatic rings. The summed E-state index contributed by atoms with van der Waals surface area (Å²) in [6, 6.07) is 2.35. The Hall–Kier alpha value is -0.870. The Morgan fingerprint density at radius 3 is 2.88 bits per heavy atom. The average molecular weight is 256 g/mol. The Morgan fingerprint density at radius 1 is 1.47 bits per heavy atom. The van der Waals surface area contributed by atoms with Gasteiger partial charge < -0.3 is 9.64 Å². The summed E-state index contributed by atoms with van der Waals surface area (Å²) in [5.74, 6) is 1.26. The molecule has 1 atom stereocenters. The molecular weight excluding hydrogens is 238 g/mol. The monoisotopic (exact) mass is 255 g/mol. The number of ether oxygens (including phenoxy) is 1. The fourth-order valence-electron chi connectivity index (χ4n) is 1.93. The Labute approximate surface area is 107 Å². The summed E-state index contributed by atoms with van der Waals surface area (Å²) < 4.78 is 5.42. The summed E-state index contributed by atoms with van der Waals surface area (Å²) >= 11 is 5.98. The number of rotatable bonds is 2. The van der Waals surface area contributed by atoms with Crippen LogP contribution in [0.4, 0.5) is 5.82 Å². The van der Waals surface area contributed by atoms with Crippen LogP contribution in [-0.4, -0.2) is 35.8 Å². The van der Waals surface area contributed by atoms with E-state index < -0.39 is 0 Å². The van der Waals surface area contributed by atoms with Gasteiger partial charge in [0.1, 0.15) is 5.82 Å². The summed E-state index contributed by atoms with van der Waals surface area (Å²) in [6.45, 7) is 8.66. The molecule has 0 amide bonds. The lowest BCUT2D eigenvalue weighted by Gasteiger charge is -2.34. The van der Waals surface area contributed by atoms with E-state index in [0.717, 1.165) is 31.3 Å². The highest BCUT2D eigenvalue weighted by atomic mass is 35.5. The van der Waals surface area contributed by atoms with Crippen LogP contribution >= 0.6 is 11.6 Å². The average Bonchev–Trinajstić information content (AvgIpc) is 2.28. The number of aromatic nitrogens is 2. The van der Waals surface area contributed by atoms with Crippen LogP contribution in [-0.2, 0) is 4.74 Å². The molecule has 0 saturated carbocycles. The molecule has 1 aliphatic heterocycles. The van der Waals surface area contributed by atoms with Crippen molar-refractivity contribution in [1.29, 1.82) is 0 Å². The summed E-state index contributed by atoms with van der Waals surface area (Å²) in [5, 5.41) is 0.324. The van der Waals surface area contributed by atoms with Gasteiger partial charge in [0, 0.05) is 12.6 Å². The van der Waals surface area contributed by atoms with Crippen LogP contribution in [0.2, 0.25) is 5.28 Å². The summed E-state index contributed by atoms with van der Waals surface area (Å²) in [5.41, 5.74) is 0.985. The minimum absolute atomic E-state index is 0.324. The first-order chi connectivity index (χ1) is 8.08. The lowest BCUT2D eigenvalue weighted by Crippen LogP contribution is -2.44. The third-order valence-electron chi connectivity index (χ3n) is 2.96. The van der Waals surface area contributed by atoms with Crippen molar-refractivity contribution in [1.82, 2.24) is 9.97 Å². The minimum Gasteiger partial charge on any atom is -0.377 e. The first-order valence-corrected chi connectivity index (χ1v) is 6.34. The molecule has 0 bridgehead atoms. The zero-order chi connectivity index (χ0) is 12.4. The van der Waals surface area contributed by atoms with Crippen molar-refractivity contribution in [3.8, 4) is 0 Å². The molecule has 0 aliphatic carbocycles. The zero-order valence-corrected chi connectivity index (χ0v) is 11.2. The Kier molecular flexibility index (Phi) is 3.84. The maximum Gasteiger partial charge on any atom is 0.224 e. The van der Waals surface area contributed by atoms with Crippen molar-refractivity contribution in [3.63, 3.8) is 0 Å². The van der Waals surface area contributed by atoms with E-state index >= 15 is 0 Å². The second-order valence-corrected chi connectivity index (χ2v) is 5.03. The topological polar surface area (TPSA) is 38.2 Å². The van der Waals surface area contributed by atoms with E-state index in [1.807, 2.05) is 6.07 Å². The van der Waals surface area contributed by atoms with Gasteiger partial charge in [0.15, 0.2) is 0 Å². The summed E-state index contributed by atoms with van der Waals surface area (Å²) in [4.78, 5) is 10.8. The molecule has 0 spiro atoms. The number of morpholine rings is 1. The molecule has 5 heteroatoms. The Bertz CT molecular complexity index is 397. The molecule has 0 N–H and O–H groups in total. The number of halogens is 1. The van der Waals surface area contributed by atoms with Crippen molar-refractivity contribution < 1.29 is 4.74 Å². The fraction of sp³-hybridized carbons (Fsp3) is 0.667. The van der Waals surface area contributed by atoms with E-state index in [1.54, 1.807) is 0 Å². The molecule has 4 nitrogen and oxygen atoms in total. The minimum atomic E-state index is 0.324. The molecule has 1 saturated heterocycles. The molecule has 17 heavy (non-hydrogen) atoms. The van der Waals surface area contributed by atoms with Gasteiger partial charge >= 0.3 is 0 Å². The molecule has 0 unspecified atom stereocenters. The largest absolute Gasteiger partial charge is 0.377 e. The molecule has 94 valence electrons. The zero-order valence-electron chi connectivity index (χ0n) is 10.5. The standard InChI is InChI=1S/C12H18ClN3O/c1-8(2)10-6-11(15-12(13)14-10)16-4-5-17-7-9(16)3/h6,8-9H,4-5,7H2,1-3H3/t9-/m1/s1. The van der Waals surface area contributed by atoms with Gasteiger partial charge in [-0.3, -0.25) is 0 Å². The summed E-state index contributed by atoms with van der Waals surface area (Å²) in [7, 11) is 0. The molecule has 1 aromatic rings. The van der Waals surface area contributed by atoms with Gasteiger partial charge in [-0.25, -0.2) is 9.97 Å². The number of nitrogens with zero attached hydrogens (tertiary/aromatic N) is 3. The number of hydrogen-bond donors (Lipinski definition) is 0. The smallest absolute Gasteiger partial charge is 0.224 e. The van der Waals surface area contributed by atoms with Crippen LogP contribution in [0.3, 0.4) is 0 Å². The third-order valence-corrected chi connectivity index (χ3v) is 3.13. The van der Waals surface area contributed by atoms with Crippen LogP contribution in [0.25, 0.3) is 0 Å². The highest BCUT2D eigenvalue weighted by Crippen LogP contribution is 2.23. The van der Waals surface area contributed by atoms with E-state index in [0.29, 0.717) is 17.2 Å². The van der Waals surface area contributed by atoms with Crippen molar-refractivity contribution >= 4 is 17.4 Å². The van der Waals surface area contributed by atoms with Gasteiger partial charge in [-0.1, -0.05) is 13.8 Å². The first kappa shape index (κ1) is 12.6. The van der Waals surface area contributed by atoms with E-state index in [4.69, 9.17) is 16.3 Å². The van der Waals surface area contributed by atoms with Crippen LogP contribution in [0.15, 0.2) is 6.07 Å². The molecular formula is C12H18ClN3O. The SMILES string of the molecule is CC(C)c1cc(N2CCOC[C@H]2C)nc(Cl)n1. The number of hydrogen-bond acceptors (Lipinski definition) is 4. The Balaban J connectivity index is 2.30. The number of anilines is 1. The maximum absolute atomic E-state index is 5.98. The second-order valence-electron chi connectivity index (χ2n) is 4.69. The normalized spacial score (nSPS) is 21.0. The molecule has 1 fully saturated rings. The van der Waals surface area contributed by atoms with Crippen LogP contribution in [0, 0.1) is 0 Å². The van der Waals surface area contributed by atoms with E-state index in [-0.39, 0.29) is 0 Å². The molecule has 0 aromatic carbocycles. The van der Waals surface area contributed by atoms with Crippen LogP contribution in [0.5, 0.6) is 0 Å². The van der Waals surface area contributed by atoms with E-state index in [2.05, 4.69) is 35.6 Å². The second kappa shape index (κ2) is 5.19. The van der Waals surface area contributed by atoms with Gasteiger partial charge in [-0.05, 0) is 24.4 Å². The van der Waals surface area contributed by atoms with E-state index in [1.165, 1.54) is 0 Å². The summed E-state index contributed by atoms with van der Waals surface area (Å²) in [6.07, 6.45) is 0. The Morgan fingerprint density at radius 2 is 2.24 bits per heavy atom. The molecule has 2 rings (SSSR count). The van der Waals surface area contributed by atoms with Gasteiger partial charge in [0.05, 0.1) is 24.9 Å². The highest BCUT2D eigenvalue weighted by Gasteiger charge is 2.21. The first-order valence-electron chi connectivity index (χ1n) is 5.97. The highest BCUT2D eigenvalue weighted by molar-refractivity contribution is 6.28. The van der Waals surface area contributed by atoms with Crippen LogP contribution in [0.1, 0.15) is 32.4 Å². The maximum atomic E-state index is 5.98. The predicted octanol–water partition coefficient (Wildman–Crippen LogP) is 2.48.